The van der Waals surface area contributed by atoms with E-state index in [9.17, 15) is 9.59 Å². The summed E-state index contributed by atoms with van der Waals surface area (Å²) in [7, 11) is 0. The van der Waals surface area contributed by atoms with Gasteiger partial charge in [0.15, 0.2) is 0 Å². The standard InChI is InChI=1S/C27H30N4O2/c1-19-10-12-21(13-11-19)15-25(32)31-14-6-9-23(18-31)26-28-17-24(20(2)30-26)27(33)29-16-22-7-4-3-5-8-22/h3-5,7-8,10-13,17,23H,6,9,14-16,18H2,1-2H3,(H,29,33)/t23-/m0/s1. The molecule has 3 aromatic rings. The summed E-state index contributed by atoms with van der Waals surface area (Å²) < 4.78 is 0. The molecule has 1 N–H and O–H groups in total. The Bertz CT molecular complexity index is 1110. The third-order valence-corrected chi connectivity index (χ3v) is 6.15. The van der Waals surface area contributed by atoms with E-state index in [0.29, 0.717) is 36.6 Å². The van der Waals surface area contributed by atoms with Crippen molar-refractivity contribution in [2.75, 3.05) is 13.1 Å². The molecule has 4 rings (SSSR count). The predicted octanol–water partition coefficient (Wildman–Crippen LogP) is 3.97. The first kappa shape index (κ1) is 22.6. The van der Waals surface area contributed by atoms with Gasteiger partial charge in [-0.25, -0.2) is 9.97 Å². The zero-order chi connectivity index (χ0) is 23.2. The second-order valence-corrected chi connectivity index (χ2v) is 8.74. The maximum absolute atomic E-state index is 12.9. The molecule has 0 unspecified atom stereocenters. The number of piperidine rings is 1. The summed E-state index contributed by atoms with van der Waals surface area (Å²) >= 11 is 0. The molecule has 1 saturated heterocycles. The number of hydrogen-bond acceptors (Lipinski definition) is 4. The van der Waals surface area contributed by atoms with Gasteiger partial charge in [-0.2, -0.15) is 0 Å². The molecule has 0 saturated carbocycles. The molecule has 1 atom stereocenters. The van der Waals surface area contributed by atoms with Gasteiger partial charge in [-0.3, -0.25) is 9.59 Å². The van der Waals surface area contributed by atoms with Gasteiger partial charge in [-0.1, -0.05) is 60.2 Å². The second-order valence-electron chi connectivity index (χ2n) is 8.74. The number of aryl methyl sites for hydroxylation is 2. The summed E-state index contributed by atoms with van der Waals surface area (Å²) in [4.78, 5) is 36.6. The highest BCUT2D eigenvalue weighted by Crippen LogP contribution is 2.25. The Hall–Kier alpha value is -3.54. The van der Waals surface area contributed by atoms with Crippen LogP contribution in [0.25, 0.3) is 0 Å². The molecular formula is C27H30N4O2. The van der Waals surface area contributed by atoms with E-state index >= 15 is 0 Å². The normalized spacial score (nSPS) is 15.8. The summed E-state index contributed by atoms with van der Waals surface area (Å²) in [5, 5.41) is 2.93. The minimum absolute atomic E-state index is 0.0841. The lowest BCUT2D eigenvalue weighted by atomic mass is 9.96. The van der Waals surface area contributed by atoms with E-state index in [1.165, 1.54) is 5.56 Å². The number of nitrogens with zero attached hydrogens (tertiary/aromatic N) is 3. The highest BCUT2D eigenvalue weighted by Gasteiger charge is 2.27. The van der Waals surface area contributed by atoms with Gasteiger partial charge in [0.2, 0.25) is 5.91 Å². The molecule has 1 aliphatic rings. The monoisotopic (exact) mass is 442 g/mol. The fourth-order valence-electron chi connectivity index (χ4n) is 4.18. The Kier molecular flexibility index (Phi) is 7.13. The molecule has 1 aliphatic heterocycles. The quantitative estimate of drug-likeness (QED) is 0.627. The topological polar surface area (TPSA) is 75.2 Å². The molecule has 6 nitrogen and oxygen atoms in total. The van der Waals surface area contributed by atoms with Crippen molar-refractivity contribution in [3.05, 3.63) is 94.6 Å². The molecule has 6 heteroatoms. The van der Waals surface area contributed by atoms with E-state index in [2.05, 4.69) is 15.3 Å². The van der Waals surface area contributed by atoms with Crippen molar-refractivity contribution in [3.8, 4) is 0 Å². The van der Waals surface area contributed by atoms with Crippen LogP contribution in [0, 0.1) is 13.8 Å². The van der Waals surface area contributed by atoms with E-state index in [4.69, 9.17) is 0 Å². The number of carbonyl (C=O) groups is 2. The average Bonchev–Trinajstić information content (AvgIpc) is 2.84. The maximum atomic E-state index is 12.9. The van der Waals surface area contributed by atoms with Gasteiger partial charge in [-0.15, -0.1) is 0 Å². The Morgan fingerprint density at radius 1 is 1.03 bits per heavy atom. The number of benzene rings is 2. The zero-order valence-electron chi connectivity index (χ0n) is 19.3. The van der Waals surface area contributed by atoms with E-state index in [0.717, 1.165) is 30.5 Å². The SMILES string of the molecule is Cc1ccc(CC(=O)N2CCC[C@H](c3ncc(C(=O)NCc4ccccc4)c(C)n3)C2)cc1. The van der Waals surface area contributed by atoms with Crippen molar-refractivity contribution in [1.82, 2.24) is 20.2 Å². The van der Waals surface area contributed by atoms with Crippen LogP contribution in [0.1, 0.15) is 57.3 Å². The Morgan fingerprint density at radius 2 is 1.79 bits per heavy atom. The van der Waals surface area contributed by atoms with Crippen LogP contribution in [0.5, 0.6) is 0 Å². The first-order chi connectivity index (χ1) is 16.0. The fourth-order valence-corrected chi connectivity index (χ4v) is 4.18. The zero-order valence-corrected chi connectivity index (χ0v) is 19.3. The Labute approximate surface area is 195 Å². The van der Waals surface area contributed by atoms with Crippen molar-refractivity contribution < 1.29 is 9.59 Å². The molecule has 0 bridgehead atoms. The number of nitrogens with one attached hydrogen (secondary N) is 1. The third kappa shape index (κ3) is 5.83. The summed E-state index contributed by atoms with van der Waals surface area (Å²) in [5.74, 6) is 0.749. The Balaban J connectivity index is 1.38. The van der Waals surface area contributed by atoms with Gasteiger partial charge in [-0.05, 0) is 37.8 Å². The predicted molar refractivity (Wildman–Crippen MR) is 128 cm³/mol. The molecule has 0 radical (unpaired) electrons. The highest BCUT2D eigenvalue weighted by atomic mass is 16.2. The van der Waals surface area contributed by atoms with Crippen LogP contribution in [0.4, 0.5) is 0 Å². The number of carbonyl (C=O) groups excluding carboxylic acids is 2. The summed E-state index contributed by atoms with van der Waals surface area (Å²) in [5.41, 5.74) is 4.41. The first-order valence-electron chi connectivity index (χ1n) is 11.5. The first-order valence-corrected chi connectivity index (χ1v) is 11.5. The minimum Gasteiger partial charge on any atom is -0.348 e. The molecule has 170 valence electrons. The fraction of sp³-hybridized carbons (Fsp3) is 0.333. The summed E-state index contributed by atoms with van der Waals surface area (Å²) in [6.45, 7) is 5.72. The van der Waals surface area contributed by atoms with Crippen LogP contribution in [0.3, 0.4) is 0 Å². The minimum atomic E-state index is -0.179. The van der Waals surface area contributed by atoms with Gasteiger partial charge in [0.25, 0.3) is 5.91 Å². The highest BCUT2D eigenvalue weighted by molar-refractivity contribution is 5.94. The average molecular weight is 443 g/mol. The molecule has 0 aliphatic carbocycles. The smallest absolute Gasteiger partial charge is 0.254 e. The lowest BCUT2D eigenvalue weighted by Crippen LogP contribution is -2.40. The third-order valence-electron chi connectivity index (χ3n) is 6.15. The second kappa shape index (κ2) is 10.4. The Morgan fingerprint density at radius 3 is 2.52 bits per heavy atom. The summed E-state index contributed by atoms with van der Waals surface area (Å²) in [6, 6.07) is 17.9. The van der Waals surface area contributed by atoms with E-state index in [1.807, 2.05) is 73.3 Å². The molecule has 1 aromatic heterocycles. The van der Waals surface area contributed by atoms with Crippen molar-refractivity contribution in [2.45, 2.75) is 45.6 Å². The van der Waals surface area contributed by atoms with Crippen LogP contribution in [-0.4, -0.2) is 39.8 Å². The molecule has 2 amide bonds. The van der Waals surface area contributed by atoms with Gasteiger partial charge in [0.1, 0.15) is 5.82 Å². The van der Waals surface area contributed by atoms with E-state index < -0.39 is 0 Å². The van der Waals surface area contributed by atoms with Crippen molar-refractivity contribution in [1.29, 1.82) is 0 Å². The number of amides is 2. The number of hydrogen-bond donors (Lipinski definition) is 1. The molecular weight excluding hydrogens is 412 g/mol. The van der Waals surface area contributed by atoms with Crippen LogP contribution in [0.2, 0.25) is 0 Å². The summed E-state index contributed by atoms with van der Waals surface area (Å²) in [6.07, 6.45) is 3.89. The lowest BCUT2D eigenvalue weighted by Gasteiger charge is -2.32. The molecule has 2 aromatic carbocycles. The van der Waals surface area contributed by atoms with Gasteiger partial charge in [0.05, 0.1) is 17.7 Å². The van der Waals surface area contributed by atoms with Crippen LogP contribution in [0.15, 0.2) is 60.8 Å². The molecule has 1 fully saturated rings. The largest absolute Gasteiger partial charge is 0.348 e. The van der Waals surface area contributed by atoms with Crippen LogP contribution in [-0.2, 0) is 17.8 Å². The van der Waals surface area contributed by atoms with E-state index in [-0.39, 0.29) is 17.7 Å². The van der Waals surface area contributed by atoms with Crippen molar-refractivity contribution in [2.24, 2.45) is 0 Å². The van der Waals surface area contributed by atoms with Gasteiger partial charge < -0.3 is 10.2 Å². The van der Waals surface area contributed by atoms with Crippen molar-refractivity contribution in [3.63, 3.8) is 0 Å². The van der Waals surface area contributed by atoms with E-state index in [1.54, 1.807) is 6.20 Å². The lowest BCUT2D eigenvalue weighted by molar-refractivity contribution is -0.131. The van der Waals surface area contributed by atoms with Gasteiger partial charge >= 0.3 is 0 Å². The molecule has 0 spiro atoms. The van der Waals surface area contributed by atoms with Gasteiger partial charge in [0, 0.05) is 31.7 Å². The van der Waals surface area contributed by atoms with Crippen LogP contribution >= 0.6 is 0 Å². The number of likely N-dealkylation sites (tertiary alicyclic amines) is 1. The number of rotatable bonds is 6. The molecule has 33 heavy (non-hydrogen) atoms. The van der Waals surface area contributed by atoms with Crippen molar-refractivity contribution >= 4 is 11.8 Å². The number of aromatic nitrogens is 2. The van der Waals surface area contributed by atoms with Crippen LogP contribution < -0.4 is 5.32 Å². The molecule has 2 heterocycles. The maximum Gasteiger partial charge on any atom is 0.254 e.